The lowest BCUT2D eigenvalue weighted by molar-refractivity contribution is -0.870. The Kier molecular flexibility index (Phi) is 53.1. The Hall–Kier alpha value is -1.51. The van der Waals surface area contributed by atoms with E-state index in [1.807, 2.05) is 21.1 Å². The van der Waals surface area contributed by atoms with Gasteiger partial charge in [0, 0.05) is 12.8 Å². The third-order valence-corrected chi connectivity index (χ3v) is 14.9. The first-order valence-corrected chi connectivity index (χ1v) is 32.5. The van der Waals surface area contributed by atoms with Gasteiger partial charge in [-0.3, -0.25) is 14.2 Å². The number of allylic oxidation sites excluding steroid dienone is 4. The van der Waals surface area contributed by atoms with Crippen LogP contribution < -0.4 is 4.89 Å². The lowest BCUT2D eigenvalue weighted by Crippen LogP contribution is -2.37. The van der Waals surface area contributed by atoms with Gasteiger partial charge in [-0.05, 0) is 44.9 Å². The van der Waals surface area contributed by atoms with Crippen molar-refractivity contribution < 1.29 is 42.1 Å². The van der Waals surface area contributed by atoms with Gasteiger partial charge in [-0.15, -0.1) is 0 Å². The minimum atomic E-state index is -4.63. The maximum atomic E-state index is 12.8. The van der Waals surface area contributed by atoms with Gasteiger partial charge in [0.1, 0.15) is 19.8 Å². The van der Waals surface area contributed by atoms with E-state index in [9.17, 15) is 19.0 Å². The summed E-state index contributed by atoms with van der Waals surface area (Å²) in [7, 11) is 1.18. The number of unbranched alkanes of at least 4 members (excludes halogenated alkanes) is 40. The number of likely N-dealkylation sites (N-methyl/N-ethyl adjacent to an activating group) is 1. The van der Waals surface area contributed by atoms with Crippen molar-refractivity contribution in [2.45, 2.75) is 315 Å². The Morgan fingerprint density at radius 3 is 1.12 bits per heavy atom. The minimum absolute atomic E-state index is 0.0292. The Bertz CT molecular complexity index is 1270. The molecule has 0 bridgehead atoms. The Morgan fingerprint density at radius 2 is 0.750 bits per heavy atom. The van der Waals surface area contributed by atoms with E-state index >= 15 is 0 Å². The average molecular weight is 1040 g/mol. The molecule has 0 rings (SSSR count). The summed E-state index contributed by atoms with van der Waals surface area (Å²) in [5.74, 6) is -0.821. The van der Waals surface area contributed by atoms with E-state index in [0.29, 0.717) is 17.4 Å². The number of carbonyl (C=O) groups excluding carboxylic acids is 2. The molecule has 426 valence electrons. The smallest absolute Gasteiger partial charge is 0.306 e. The Morgan fingerprint density at radius 1 is 0.431 bits per heavy atom. The molecular formula is C62H120NO8P. The van der Waals surface area contributed by atoms with Crippen molar-refractivity contribution in [1.82, 2.24) is 0 Å². The van der Waals surface area contributed by atoms with E-state index in [1.165, 1.54) is 225 Å². The molecule has 0 radical (unpaired) electrons. The summed E-state index contributed by atoms with van der Waals surface area (Å²) in [4.78, 5) is 37.9. The van der Waals surface area contributed by atoms with Crippen LogP contribution in [0, 0.1) is 0 Å². The number of quaternary nitrogens is 1. The van der Waals surface area contributed by atoms with Crippen molar-refractivity contribution in [3.63, 3.8) is 0 Å². The summed E-state index contributed by atoms with van der Waals surface area (Å²) in [6.45, 7) is 4.27. The first-order chi connectivity index (χ1) is 35.0. The molecule has 0 saturated carbocycles. The molecule has 0 aromatic heterocycles. The number of phosphoric ester groups is 1. The summed E-state index contributed by atoms with van der Waals surface area (Å²) < 4.78 is 34.2. The third-order valence-electron chi connectivity index (χ3n) is 14.0. The van der Waals surface area contributed by atoms with E-state index < -0.39 is 26.5 Å². The van der Waals surface area contributed by atoms with Crippen LogP contribution in [0.25, 0.3) is 0 Å². The van der Waals surface area contributed by atoms with Crippen molar-refractivity contribution in [2.75, 3.05) is 47.5 Å². The fourth-order valence-electron chi connectivity index (χ4n) is 9.16. The van der Waals surface area contributed by atoms with E-state index in [-0.39, 0.29) is 32.0 Å². The highest BCUT2D eigenvalue weighted by atomic mass is 31.2. The lowest BCUT2D eigenvalue weighted by Gasteiger charge is -2.28. The van der Waals surface area contributed by atoms with Crippen LogP contribution in [0.3, 0.4) is 0 Å². The number of rotatable bonds is 58. The fraction of sp³-hybridized carbons (Fsp3) is 0.903. The zero-order valence-corrected chi connectivity index (χ0v) is 49.3. The van der Waals surface area contributed by atoms with Crippen LogP contribution in [0.15, 0.2) is 24.3 Å². The Labute approximate surface area is 447 Å². The molecule has 0 heterocycles. The summed E-state index contributed by atoms with van der Waals surface area (Å²) in [5.41, 5.74) is 0. The lowest BCUT2D eigenvalue weighted by atomic mass is 10.0. The molecule has 0 fully saturated rings. The quantitative estimate of drug-likeness (QED) is 0.0195. The number of esters is 2. The molecule has 0 aliphatic carbocycles. The van der Waals surface area contributed by atoms with Crippen LogP contribution in [-0.2, 0) is 32.7 Å². The molecule has 0 amide bonds. The predicted octanol–water partition coefficient (Wildman–Crippen LogP) is 18.7. The highest BCUT2D eigenvalue weighted by Gasteiger charge is 2.22. The first kappa shape index (κ1) is 70.5. The van der Waals surface area contributed by atoms with Crippen LogP contribution >= 0.6 is 7.82 Å². The Balaban J connectivity index is 4.03. The van der Waals surface area contributed by atoms with Gasteiger partial charge in [-0.2, -0.15) is 0 Å². The van der Waals surface area contributed by atoms with Gasteiger partial charge in [0.25, 0.3) is 7.82 Å². The normalized spacial score (nSPS) is 13.4. The molecule has 72 heavy (non-hydrogen) atoms. The summed E-state index contributed by atoms with van der Waals surface area (Å²) in [6, 6.07) is 0. The summed E-state index contributed by atoms with van der Waals surface area (Å²) in [5, 5.41) is 0. The number of hydrogen-bond acceptors (Lipinski definition) is 8. The monoisotopic (exact) mass is 1040 g/mol. The topological polar surface area (TPSA) is 111 Å². The highest BCUT2D eigenvalue weighted by molar-refractivity contribution is 7.45. The van der Waals surface area contributed by atoms with Gasteiger partial charge in [0.15, 0.2) is 6.10 Å². The molecule has 0 saturated heterocycles. The van der Waals surface area contributed by atoms with Gasteiger partial charge >= 0.3 is 11.9 Å². The third kappa shape index (κ3) is 57.8. The van der Waals surface area contributed by atoms with Gasteiger partial charge in [0.2, 0.25) is 0 Å². The van der Waals surface area contributed by atoms with Gasteiger partial charge < -0.3 is 27.9 Å². The molecule has 0 aliphatic rings. The largest absolute Gasteiger partial charge is 0.756 e. The second-order valence-corrected chi connectivity index (χ2v) is 23.8. The fourth-order valence-corrected chi connectivity index (χ4v) is 9.89. The molecule has 0 N–H and O–H groups in total. The minimum Gasteiger partial charge on any atom is -0.756 e. The molecule has 0 aromatic carbocycles. The maximum Gasteiger partial charge on any atom is 0.306 e. The standard InChI is InChI=1S/C62H120NO8P/c1-6-8-10-12-14-16-18-20-22-24-26-27-28-29-30-31-32-33-34-35-37-38-40-42-44-46-48-50-52-54-61(64)68-58-60(59-70-72(66,67)69-57-56-63(3,4)5)71-62(65)55-53-51-49-47-45-43-41-39-36-25-23-21-19-17-15-13-11-9-7-2/h15,17,21,23,60H,6-14,16,18-20,22,24-59H2,1-5H3/b17-15-,23-21-. The molecule has 0 spiro atoms. The van der Waals surface area contributed by atoms with E-state index in [1.54, 1.807) is 0 Å². The molecule has 0 aliphatic heterocycles. The molecule has 0 aromatic rings. The van der Waals surface area contributed by atoms with Crippen LogP contribution in [0.5, 0.6) is 0 Å². The number of nitrogens with zero attached hydrogens (tertiary/aromatic N) is 1. The number of phosphoric acid groups is 1. The number of ether oxygens (including phenoxy) is 2. The SMILES string of the molecule is CCCCC/C=C\C/C=C\CCCCCCCCCCCC(=O)OC(COC(=O)CCCCCCCCCCCCCCCCCCCCCCCCCCCCCCC)COP(=O)([O-])OCC[N+](C)(C)C. The van der Waals surface area contributed by atoms with Crippen LogP contribution in [-0.4, -0.2) is 70.0 Å². The van der Waals surface area contributed by atoms with Crippen LogP contribution in [0.4, 0.5) is 0 Å². The first-order valence-electron chi connectivity index (χ1n) is 31.0. The maximum absolute atomic E-state index is 12.8. The summed E-state index contributed by atoms with van der Waals surface area (Å²) in [6.07, 6.45) is 65.3. The highest BCUT2D eigenvalue weighted by Crippen LogP contribution is 2.38. The second-order valence-electron chi connectivity index (χ2n) is 22.4. The van der Waals surface area contributed by atoms with Gasteiger partial charge in [0.05, 0.1) is 27.7 Å². The molecule has 2 unspecified atom stereocenters. The van der Waals surface area contributed by atoms with Gasteiger partial charge in [-0.1, -0.05) is 276 Å². The van der Waals surface area contributed by atoms with Crippen molar-refractivity contribution in [3.05, 3.63) is 24.3 Å². The molecule has 9 nitrogen and oxygen atoms in total. The van der Waals surface area contributed by atoms with E-state index in [4.69, 9.17) is 18.5 Å². The van der Waals surface area contributed by atoms with Crippen LogP contribution in [0.2, 0.25) is 0 Å². The molecule has 10 heteroatoms. The number of hydrogen-bond donors (Lipinski definition) is 0. The zero-order chi connectivity index (χ0) is 52.7. The van der Waals surface area contributed by atoms with E-state index in [2.05, 4.69) is 38.2 Å². The molecular weight excluding hydrogens is 918 g/mol. The predicted molar refractivity (Wildman–Crippen MR) is 305 cm³/mol. The van der Waals surface area contributed by atoms with Crippen LogP contribution in [0.1, 0.15) is 309 Å². The molecule has 2 atom stereocenters. The van der Waals surface area contributed by atoms with E-state index in [0.717, 1.165) is 51.4 Å². The second kappa shape index (κ2) is 54.3. The van der Waals surface area contributed by atoms with Crippen molar-refractivity contribution in [3.8, 4) is 0 Å². The average Bonchev–Trinajstić information content (AvgIpc) is 3.34. The summed E-state index contributed by atoms with van der Waals surface area (Å²) >= 11 is 0. The van der Waals surface area contributed by atoms with Gasteiger partial charge in [-0.25, -0.2) is 0 Å². The number of carbonyl (C=O) groups is 2. The van der Waals surface area contributed by atoms with Crippen molar-refractivity contribution in [1.29, 1.82) is 0 Å². The van der Waals surface area contributed by atoms with Crippen molar-refractivity contribution >= 4 is 19.8 Å². The zero-order valence-electron chi connectivity index (χ0n) is 48.4. The van der Waals surface area contributed by atoms with Crippen molar-refractivity contribution in [2.24, 2.45) is 0 Å².